The molecule has 0 fully saturated rings. The zero-order chi connectivity index (χ0) is 23.5. The van der Waals surface area contributed by atoms with Crippen molar-refractivity contribution in [3.8, 4) is 17.1 Å². The van der Waals surface area contributed by atoms with Crippen molar-refractivity contribution >= 4 is 23.4 Å². The number of ether oxygens (including phenoxy) is 1. The Kier molecular flexibility index (Phi) is 6.18. The van der Waals surface area contributed by atoms with Gasteiger partial charge in [-0.15, -0.1) is 10.2 Å². The molecule has 0 saturated carbocycles. The summed E-state index contributed by atoms with van der Waals surface area (Å²) in [6.07, 6.45) is 0. The number of nitrogens with one attached hydrogen (secondary N) is 2. The SMILES string of the molecule is CCOc1ccc(NC(=O)[C@H]2Sc3nnc(-c4ccccc4)n3N[C@H]2c2ccc(F)cc2)cc1. The molecule has 5 rings (SSSR count). The summed E-state index contributed by atoms with van der Waals surface area (Å²) < 4.78 is 20.9. The molecule has 1 aromatic heterocycles. The largest absolute Gasteiger partial charge is 0.494 e. The average Bonchev–Trinajstić information content (AvgIpc) is 3.29. The first-order valence-electron chi connectivity index (χ1n) is 10.9. The quantitative estimate of drug-likeness (QED) is 0.414. The van der Waals surface area contributed by atoms with E-state index in [0.717, 1.165) is 16.9 Å². The lowest BCUT2D eigenvalue weighted by molar-refractivity contribution is -0.116. The van der Waals surface area contributed by atoms with Crippen molar-refractivity contribution in [1.82, 2.24) is 14.9 Å². The Bertz CT molecular complexity index is 1280. The average molecular weight is 476 g/mol. The molecule has 1 aliphatic rings. The van der Waals surface area contributed by atoms with Crippen LogP contribution in [0.2, 0.25) is 0 Å². The highest BCUT2D eigenvalue weighted by atomic mass is 32.2. The van der Waals surface area contributed by atoms with Crippen LogP contribution in [-0.2, 0) is 4.79 Å². The maximum atomic E-state index is 13.6. The van der Waals surface area contributed by atoms with Crippen LogP contribution in [0.3, 0.4) is 0 Å². The summed E-state index contributed by atoms with van der Waals surface area (Å²) in [6.45, 7) is 2.49. The van der Waals surface area contributed by atoms with Crippen LogP contribution >= 0.6 is 11.8 Å². The Balaban J connectivity index is 1.46. The molecule has 0 saturated heterocycles. The molecular weight excluding hydrogens is 453 g/mol. The number of nitrogens with zero attached hydrogens (tertiary/aromatic N) is 3. The molecule has 1 aliphatic heterocycles. The van der Waals surface area contributed by atoms with Crippen molar-refractivity contribution < 1.29 is 13.9 Å². The zero-order valence-corrected chi connectivity index (χ0v) is 19.1. The van der Waals surface area contributed by atoms with Crippen LogP contribution < -0.4 is 15.5 Å². The number of thioether (sulfide) groups is 1. The lowest BCUT2D eigenvalue weighted by Crippen LogP contribution is -2.41. The summed E-state index contributed by atoms with van der Waals surface area (Å²) in [5.74, 6) is 0.838. The Morgan fingerprint density at radius 3 is 2.50 bits per heavy atom. The summed E-state index contributed by atoms with van der Waals surface area (Å²) in [7, 11) is 0. The summed E-state index contributed by atoms with van der Waals surface area (Å²) in [5, 5.41) is 11.6. The molecule has 3 aromatic carbocycles. The third-order valence-corrected chi connectivity index (χ3v) is 6.60. The lowest BCUT2D eigenvalue weighted by Gasteiger charge is -2.33. The minimum Gasteiger partial charge on any atom is -0.494 e. The van der Waals surface area contributed by atoms with Gasteiger partial charge in [-0.1, -0.05) is 54.2 Å². The number of aromatic nitrogens is 3. The first kappa shape index (κ1) is 22.0. The summed E-state index contributed by atoms with van der Waals surface area (Å²) in [6, 6.07) is 22.6. The fourth-order valence-corrected chi connectivity index (χ4v) is 4.84. The number of hydrogen-bond acceptors (Lipinski definition) is 6. The number of anilines is 1. The third-order valence-electron chi connectivity index (χ3n) is 5.39. The van der Waals surface area contributed by atoms with Gasteiger partial charge in [0.05, 0.1) is 12.6 Å². The minimum absolute atomic E-state index is 0.202. The zero-order valence-electron chi connectivity index (χ0n) is 18.3. The van der Waals surface area contributed by atoms with E-state index in [1.165, 1.54) is 23.9 Å². The standard InChI is InChI=1S/C25H22FN5O2S/c1-2-33-20-14-12-19(13-15-20)27-24(32)22-21(16-8-10-18(26)11-9-16)30-31-23(28-29-25(31)34-22)17-6-4-3-5-7-17/h3-15,21-22,30H,2H2,1H3,(H,27,32)/t21-,22-/m0/s1. The van der Waals surface area contributed by atoms with Gasteiger partial charge < -0.3 is 15.5 Å². The second-order valence-electron chi connectivity index (χ2n) is 7.65. The van der Waals surface area contributed by atoms with Gasteiger partial charge in [0, 0.05) is 11.3 Å². The number of rotatable bonds is 6. The number of fused-ring (bicyclic) bond motifs is 1. The first-order chi connectivity index (χ1) is 16.6. The van der Waals surface area contributed by atoms with Gasteiger partial charge >= 0.3 is 0 Å². The number of amides is 1. The predicted octanol–water partition coefficient (Wildman–Crippen LogP) is 4.88. The highest BCUT2D eigenvalue weighted by Gasteiger charge is 2.38. The van der Waals surface area contributed by atoms with E-state index in [4.69, 9.17) is 4.74 Å². The second-order valence-corrected chi connectivity index (χ2v) is 8.76. The van der Waals surface area contributed by atoms with Crippen molar-refractivity contribution in [1.29, 1.82) is 0 Å². The molecule has 0 spiro atoms. The maximum Gasteiger partial charge on any atom is 0.240 e. The van der Waals surface area contributed by atoms with Gasteiger partial charge in [-0.2, -0.15) is 0 Å². The van der Waals surface area contributed by atoms with E-state index in [9.17, 15) is 9.18 Å². The molecule has 0 unspecified atom stereocenters. The molecule has 1 amide bonds. The summed E-state index contributed by atoms with van der Waals surface area (Å²) in [4.78, 5) is 13.4. The molecule has 0 radical (unpaired) electrons. The Morgan fingerprint density at radius 2 is 1.79 bits per heavy atom. The Morgan fingerprint density at radius 1 is 1.06 bits per heavy atom. The monoisotopic (exact) mass is 475 g/mol. The molecular formula is C25H22FN5O2S. The van der Waals surface area contributed by atoms with Gasteiger partial charge in [-0.05, 0) is 48.9 Å². The molecule has 7 nitrogen and oxygen atoms in total. The highest BCUT2D eigenvalue weighted by molar-refractivity contribution is 8.00. The fraction of sp³-hybridized carbons (Fsp3) is 0.160. The van der Waals surface area contributed by atoms with Gasteiger partial charge in [0.15, 0.2) is 5.82 Å². The normalized spacial score (nSPS) is 16.9. The Hall–Kier alpha value is -3.85. The van der Waals surface area contributed by atoms with E-state index >= 15 is 0 Å². The first-order valence-corrected chi connectivity index (χ1v) is 11.7. The highest BCUT2D eigenvalue weighted by Crippen LogP contribution is 2.39. The van der Waals surface area contributed by atoms with E-state index in [0.29, 0.717) is 23.3 Å². The van der Waals surface area contributed by atoms with Crippen LogP contribution in [-0.4, -0.2) is 32.6 Å². The molecule has 2 N–H and O–H groups in total. The van der Waals surface area contributed by atoms with E-state index in [2.05, 4.69) is 20.9 Å². The number of benzene rings is 3. The van der Waals surface area contributed by atoms with E-state index in [-0.39, 0.29) is 11.7 Å². The molecule has 0 bridgehead atoms. The number of carbonyl (C=O) groups is 1. The van der Waals surface area contributed by atoms with Gasteiger partial charge in [-0.3, -0.25) is 4.79 Å². The van der Waals surface area contributed by atoms with Crippen LogP contribution in [0.15, 0.2) is 84.0 Å². The van der Waals surface area contributed by atoms with E-state index < -0.39 is 11.3 Å². The van der Waals surface area contributed by atoms with Crippen LogP contribution in [0.5, 0.6) is 5.75 Å². The number of hydrogen-bond donors (Lipinski definition) is 2. The van der Waals surface area contributed by atoms with Crippen molar-refractivity contribution in [2.45, 2.75) is 23.4 Å². The van der Waals surface area contributed by atoms with Gasteiger partial charge in [0.25, 0.3) is 0 Å². The second kappa shape index (κ2) is 9.56. The molecule has 9 heteroatoms. The molecule has 2 heterocycles. The van der Waals surface area contributed by atoms with Crippen molar-refractivity contribution in [2.75, 3.05) is 17.3 Å². The van der Waals surface area contributed by atoms with Crippen molar-refractivity contribution in [3.05, 3.63) is 90.2 Å². The van der Waals surface area contributed by atoms with Crippen LogP contribution in [0, 0.1) is 5.82 Å². The Labute approximate surface area is 200 Å². The summed E-state index contributed by atoms with van der Waals surface area (Å²) in [5.41, 5.74) is 5.72. The van der Waals surface area contributed by atoms with Crippen molar-refractivity contribution in [3.63, 3.8) is 0 Å². The number of carbonyl (C=O) groups excluding carboxylic acids is 1. The fourth-order valence-electron chi connectivity index (χ4n) is 3.76. The molecule has 0 aliphatic carbocycles. The van der Waals surface area contributed by atoms with Gasteiger partial charge in [0.2, 0.25) is 11.1 Å². The van der Waals surface area contributed by atoms with Crippen LogP contribution in [0.25, 0.3) is 11.4 Å². The number of halogens is 1. The lowest BCUT2D eigenvalue weighted by atomic mass is 10.0. The molecule has 4 aromatic rings. The minimum atomic E-state index is -0.572. The third kappa shape index (κ3) is 4.47. The smallest absolute Gasteiger partial charge is 0.240 e. The molecule has 2 atom stereocenters. The van der Waals surface area contributed by atoms with Crippen molar-refractivity contribution in [2.24, 2.45) is 0 Å². The van der Waals surface area contributed by atoms with Crippen LogP contribution in [0.4, 0.5) is 10.1 Å². The molecule has 34 heavy (non-hydrogen) atoms. The summed E-state index contributed by atoms with van der Waals surface area (Å²) >= 11 is 1.31. The topological polar surface area (TPSA) is 81.1 Å². The van der Waals surface area contributed by atoms with Gasteiger partial charge in [0.1, 0.15) is 16.8 Å². The van der Waals surface area contributed by atoms with Gasteiger partial charge in [-0.25, -0.2) is 9.07 Å². The van der Waals surface area contributed by atoms with E-state index in [1.807, 2.05) is 49.4 Å². The predicted molar refractivity (Wildman–Crippen MR) is 130 cm³/mol. The van der Waals surface area contributed by atoms with Crippen LogP contribution in [0.1, 0.15) is 18.5 Å². The maximum absolute atomic E-state index is 13.6. The van der Waals surface area contributed by atoms with E-state index in [1.54, 1.807) is 28.9 Å². The molecule has 172 valence electrons.